The summed E-state index contributed by atoms with van der Waals surface area (Å²) >= 11 is 0. The molecule has 0 unspecified atom stereocenters. The van der Waals surface area contributed by atoms with E-state index in [2.05, 4.69) is 4.74 Å². The van der Waals surface area contributed by atoms with Gasteiger partial charge in [0, 0.05) is 43.2 Å². The molecule has 0 atom stereocenters. The smallest absolute Gasteiger partial charge is 0.337 e. The molecular weight excluding hydrogens is 674 g/mol. The van der Waals surface area contributed by atoms with Crippen molar-refractivity contribution in [1.82, 2.24) is 9.13 Å². The second kappa shape index (κ2) is 20.2. The van der Waals surface area contributed by atoms with Crippen molar-refractivity contribution in [1.29, 1.82) is 0 Å². The van der Waals surface area contributed by atoms with E-state index in [4.69, 9.17) is 24.4 Å². The number of halogens is 2. The highest BCUT2D eigenvalue weighted by Crippen LogP contribution is 2.20. The summed E-state index contributed by atoms with van der Waals surface area (Å²) in [6.45, 7) is 3.47. The molecule has 0 radical (unpaired) electrons. The molecule has 1 saturated heterocycles. The number of aliphatic hydroxyl groups is 1. The predicted molar refractivity (Wildman–Crippen MR) is 194 cm³/mol. The molecule has 0 bridgehead atoms. The van der Waals surface area contributed by atoms with E-state index in [1.807, 2.05) is 45.8 Å². The van der Waals surface area contributed by atoms with E-state index >= 15 is 0 Å². The van der Waals surface area contributed by atoms with Crippen LogP contribution in [0.25, 0.3) is 21.8 Å². The van der Waals surface area contributed by atoms with Gasteiger partial charge in [-0.1, -0.05) is 36.4 Å². The molecule has 6 aromatic rings. The molecular formula is C40H42F2N2O8. The average Bonchev–Trinajstić information content (AvgIpc) is 3.97. The van der Waals surface area contributed by atoms with Crippen molar-refractivity contribution < 1.29 is 47.5 Å². The van der Waals surface area contributed by atoms with Crippen LogP contribution in [-0.4, -0.2) is 71.9 Å². The number of hydrogen-bond acceptors (Lipinski definition) is 8. The Bertz CT molecular complexity index is 2010. The second-order valence-corrected chi connectivity index (χ2v) is 11.3. The van der Waals surface area contributed by atoms with E-state index in [-0.39, 0.29) is 35.9 Å². The fourth-order valence-corrected chi connectivity index (χ4v) is 5.13. The lowest BCUT2D eigenvalue weighted by Gasteiger charge is -2.09. The Balaban J connectivity index is 0.000000178. The summed E-state index contributed by atoms with van der Waals surface area (Å²) < 4.78 is 49.3. The van der Waals surface area contributed by atoms with Gasteiger partial charge < -0.3 is 38.3 Å². The van der Waals surface area contributed by atoms with Crippen LogP contribution in [-0.2, 0) is 27.3 Å². The Labute approximate surface area is 300 Å². The summed E-state index contributed by atoms with van der Waals surface area (Å²) in [5, 5.41) is 19.5. The van der Waals surface area contributed by atoms with Crippen molar-refractivity contribution in [2.45, 2.75) is 25.9 Å². The third kappa shape index (κ3) is 11.1. The lowest BCUT2D eigenvalue weighted by molar-refractivity contribution is 0.0592. The Hall–Kier alpha value is -5.72. The van der Waals surface area contributed by atoms with E-state index in [1.54, 1.807) is 48.5 Å². The third-order valence-corrected chi connectivity index (χ3v) is 7.84. The number of methoxy groups -OCH3 is 2. The summed E-state index contributed by atoms with van der Waals surface area (Å²) in [6.07, 6.45) is 6.36. The van der Waals surface area contributed by atoms with Crippen LogP contribution >= 0.6 is 0 Å². The number of fused-ring (bicyclic) bond motifs is 2. The van der Waals surface area contributed by atoms with Gasteiger partial charge >= 0.3 is 11.9 Å². The summed E-state index contributed by atoms with van der Waals surface area (Å²) in [5.41, 5.74) is 2.85. The molecule has 7 rings (SSSR count). The number of aliphatic hydroxyl groups excluding tert-OH is 1. The van der Waals surface area contributed by atoms with Gasteiger partial charge in [-0.3, -0.25) is 0 Å². The number of aromatic hydroxyl groups is 1. The van der Waals surface area contributed by atoms with Crippen LogP contribution < -0.4 is 4.74 Å². The van der Waals surface area contributed by atoms with Gasteiger partial charge in [0.25, 0.3) is 0 Å². The SMILES string of the molecule is C1CCOC1.COC(=O)c1ccc2ccn(CCO)c2c1.COC(=O)c1ccc2ccn(CCOc3ccccc3F)c2c1.Oc1ccccc1F. The van der Waals surface area contributed by atoms with E-state index in [1.165, 1.54) is 51.3 Å². The largest absolute Gasteiger partial charge is 0.505 e. The number of carbonyl (C=O) groups is 2. The number of rotatable bonds is 8. The molecule has 52 heavy (non-hydrogen) atoms. The number of nitrogens with zero attached hydrogens (tertiary/aromatic N) is 2. The van der Waals surface area contributed by atoms with E-state index in [0.29, 0.717) is 30.8 Å². The lowest BCUT2D eigenvalue weighted by atomic mass is 10.1. The fourth-order valence-electron chi connectivity index (χ4n) is 5.13. The van der Waals surface area contributed by atoms with Gasteiger partial charge in [-0.05, 0) is 84.3 Å². The number of para-hydroxylation sites is 2. The number of phenols is 1. The molecule has 12 heteroatoms. The minimum atomic E-state index is -0.576. The first-order valence-corrected chi connectivity index (χ1v) is 16.6. The van der Waals surface area contributed by atoms with Crippen LogP contribution in [0.3, 0.4) is 0 Å². The second-order valence-electron chi connectivity index (χ2n) is 11.3. The average molecular weight is 717 g/mol. The van der Waals surface area contributed by atoms with E-state index in [0.717, 1.165) is 35.0 Å². The zero-order valence-corrected chi connectivity index (χ0v) is 29.0. The number of carbonyl (C=O) groups excluding carboxylic acids is 2. The van der Waals surface area contributed by atoms with Gasteiger partial charge in [0.1, 0.15) is 6.61 Å². The van der Waals surface area contributed by atoms with Crippen LogP contribution in [0.4, 0.5) is 8.78 Å². The maximum atomic E-state index is 13.5. The summed E-state index contributed by atoms with van der Waals surface area (Å²) in [4.78, 5) is 23.0. The van der Waals surface area contributed by atoms with Crippen LogP contribution in [0, 0.1) is 11.6 Å². The zero-order chi connectivity index (χ0) is 37.3. The Kier molecular flexibility index (Phi) is 15.2. The number of phenolic OH excluding ortho intramolecular Hbond substituents is 1. The van der Waals surface area contributed by atoms with E-state index in [9.17, 15) is 18.4 Å². The van der Waals surface area contributed by atoms with Crippen LogP contribution in [0.5, 0.6) is 11.5 Å². The molecule has 10 nitrogen and oxygen atoms in total. The number of esters is 2. The molecule has 0 amide bonds. The highest BCUT2D eigenvalue weighted by molar-refractivity contribution is 5.95. The molecule has 0 saturated carbocycles. The van der Waals surface area contributed by atoms with E-state index < -0.39 is 5.82 Å². The van der Waals surface area contributed by atoms with Crippen molar-refractivity contribution in [3.8, 4) is 11.5 Å². The molecule has 2 aromatic heterocycles. The molecule has 1 aliphatic heterocycles. The highest BCUT2D eigenvalue weighted by Gasteiger charge is 2.10. The van der Waals surface area contributed by atoms with Gasteiger partial charge in [-0.2, -0.15) is 0 Å². The first-order chi connectivity index (χ1) is 25.2. The van der Waals surface area contributed by atoms with Crippen molar-refractivity contribution in [2.75, 3.05) is 40.6 Å². The maximum absolute atomic E-state index is 13.5. The number of aromatic nitrogens is 2. The highest BCUT2D eigenvalue weighted by atomic mass is 19.1. The van der Waals surface area contributed by atoms with Crippen LogP contribution in [0.15, 0.2) is 109 Å². The third-order valence-electron chi connectivity index (χ3n) is 7.84. The Morgan fingerprint density at radius 1 is 0.712 bits per heavy atom. The quantitative estimate of drug-likeness (QED) is 0.157. The first kappa shape index (κ1) is 39.1. The van der Waals surface area contributed by atoms with Crippen molar-refractivity contribution in [3.63, 3.8) is 0 Å². The van der Waals surface area contributed by atoms with Crippen LogP contribution in [0.1, 0.15) is 33.6 Å². The molecule has 3 heterocycles. The molecule has 0 spiro atoms. The zero-order valence-electron chi connectivity index (χ0n) is 29.0. The molecule has 0 aliphatic carbocycles. The standard InChI is InChI=1S/C18H16FNO3.C12H13NO3.C6H5FO.C4H8O/c1-22-18(21)14-7-6-13-8-9-20(16(13)12-14)10-11-23-17-5-3-2-4-15(17)19;1-16-12(15)10-3-2-9-4-5-13(6-7-14)11(9)8-10;7-5-3-1-2-4-6(5)8;1-2-4-5-3-1/h2-9,12H,10-11H2,1H3;2-5,8,14H,6-7H2,1H3;1-4,8H;1-4H2. The van der Waals surface area contributed by atoms with Crippen LogP contribution in [0.2, 0.25) is 0 Å². The van der Waals surface area contributed by atoms with Crippen molar-refractivity contribution in [2.24, 2.45) is 0 Å². The monoisotopic (exact) mass is 716 g/mol. The van der Waals surface area contributed by atoms with Gasteiger partial charge in [0.2, 0.25) is 0 Å². The summed E-state index contributed by atoms with van der Waals surface area (Å²) in [6, 6.07) is 26.6. The molecule has 1 fully saturated rings. The van der Waals surface area contributed by atoms with Gasteiger partial charge in [-0.15, -0.1) is 0 Å². The minimum Gasteiger partial charge on any atom is -0.505 e. The normalized spacial score (nSPS) is 11.7. The number of benzene rings is 4. The number of ether oxygens (including phenoxy) is 4. The van der Waals surface area contributed by atoms with Gasteiger partial charge in [-0.25, -0.2) is 18.4 Å². The van der Waals surface area contributed by atoms with Crippen molar-refractivity contribution >= 4 is 33.7 Å². The van der Waals surface area contributed by atoms with Crippen molar-refractivity contribution in [3.05, 3.63) is 132 Å². The Morgan fingerprint density at radius 3 is 1.67 bits per heavy atom. The number of hydrogen-bond donors (Lipinski definition) is 2. The van der Waals surface area contributed by atoms with Gasteiger partial charge in [0.05, 0.1) is 38.5 Å². The molecule has 4 aromatic carbocycles. The summed E-state index contributed by atoms with van der Waals surface area (Å²) in [7, 11) is 2.72. The molecule has 1 aliphatic rings. The van der Waals surface area contributed by atoms with Gasteiger partial charge in [0.15, 0.2) is 23.1 Å². The lowest BCUT2D eigenvalue weighted by Crippen LogP contribution is -2.08. The fraction of sp³-hybridized carbons (Fsp3) is 0.250. The molecule has 2 N–H and O–H groups in total. The predicted octanol–water partition coefficient (Wildman–Crippen LogP) is 7.39. The molecule has 274 valence electrons. The topological polar surface area (TPSA) is 121 Å². The first-order valence-electron chi connectivity index (χ1n) is 16.6. The minimum absolute atomic E-state index is 0.0756. The Morgan fingerprint density at radius 2 is 1.23 bits per heavy atom. The maximum Gasteiger partial charge on any atom is 0.337 e. The summed E-state index contributed by atoms with van der Waals surface area (Å²) in [5.74, 6) is -1.74.